The van der Waals surface area contributed by atoms with Crippen LogP contribution in [0.4, 0.5) is 14.5 Å². The number of hydrogen-bond donors (Lipinski definition) is 2. The van der Waals surface area contributed by atoms with Crippen LogP contribution in [-0.4, -0.2) is 10.1 Å². The number of halogens is 2. The highest BCUT2D eigenvalue weighted by atomic mass is 19.2. The molecule has 0 bridgehead atoms. The van der Waals surface area contributed by atoms with Crippen LogP contribution < -0.4 is 5.32 Å². The summed E-state index contributed by atoms with van der Waals surface area (Å²) in [5.41, 5.74) is 1.07. The van der Waals surface area contributed by atoms with E-state index >= 15 is 0 Å². The molecule has 1 aromatic heterocycles. The molecule has 0 amide bonds. The van der Waals surface area contributed by atoms with Gasteiger partial charge in [0.2, 0.25) is 0 Å². The number of rotatable bonds is 3. The Hall–Kier alpha value is -2.17. The predicted molar refractivity (Wildman–Crippen MR) is 59.6 cm³/mol. The number of nitrogens with zero attached hydrogens (tertiary/aromatic N) is 1. The molecule has 3 nitrogen and oxygen atoms in total. The lowest BCUT2D eigenvalue weighted by Gasteiger charge is -2.08. The van der Waals surface area contributed by atoms with Gasteiger partial charge in [0, 0.05) is 36.3 Å². The van der Waals surface area contributed by atoms with Crippen LogP contribution in [0.15, 0.2) is 36.7 Å². The van der Waals surface area contributed by atoms with Gasteiger partial charge in [0.15, 0.2) is 11.6 Å². The van der Waals surface area contributed by atoms with Gasteiger partial charge in [-0.3, -0.25) is 4.98 Å². The SMILES string of the molecule is Oc1cc(F)c(F)cc1CNc1ccncc1. The summed E-state index contributed by atoms with van der Waals surface area (Å²) in [6.07, 6.45) is 3.21. The highest BCUT2D eigenvalue weighted by molar-refractivity contribution is 5.43. The summed E-state index contributed by atoms with van der Waals surface area (Å²) in [6, 6.07) is 5.20. The normalized spacial score (nSPS) is 10.2. The van der Waals surface area contributed by atoms with Gasteiger partial charge in [-0.1, -0.05) is 0 Å². The first-order chi connectivity index (χ1) is 8.16. The van der Waals surface area contributed by atoms with E-state index in [1.807, 2.05) is 0 Å². The molecule has 0 fully saturated rings. The molecule has 0 aliphatic carbocycles. The molecule has 17 heavy (non-hydrogen) atoms. The van der Waals surface area contributed by atoms with Crippen molar-refractivity contribution in [3.63, 3.8) is 0 Å². The Morgan fingerprint density at radius 3 is 2.47 bits per heavy atom. The number of aromatic nitrogens is 1. The molecular formula is C12H10F2N2O. The molecule has 0 saturated carbocycles. The van der Waals surface area contributed by atoms with Crippen LogP contribution in [0.2, 0.25) is 0 Å². The van der Waals surface area contributed by atoms with Gasteiger partial charge >= 0.3 is 0 Å². The van der Waals surface area contributed by atoms with Crippen LogP contribution in [-0.2, 0) is 6.54 Å². The lowest BCUT2D eigenvalue weighted by Crippen LogP contribution is -2.01. The van der Waals surface area contributed by atoms with Gasteiger partial charge in [-0.25, -0.2) is 8.78 Å². The molecule has 0 spiro atoms. The minimum absolute atomic E-state index is 0.201. The zero-order valence-electron chi connectivity index (χ0n) is 8.82. The average molecular weight is 236 g/mol. The highest BCUT2D eigenvalue weighted by Gasteiger charge is 2.08. The van der Waals surface area contributed by atoms with E-state index in [1.165, 1.54) is 0 Å². The van der Waals surface area contributed by atoms with Gasteiger partial charge in [-0.15, -0.1) is 0 Å². The molecule has 0 atom stereocenters. The summed E-state index contributed by atoms with van der Waals surface area (Å²) >= 11 is 0. The van der Waals surface area contributed by atoms with Gasteiger partial charge in [-0.05, 0) is 18.2 Å². The summed E-state index contributed by atoms with van der Waals surface area (Å²) in [7, 11) is 0. The van der Waals surface area contributed by atoms with Crippen molar-refractivity contribution < 1.29 is 13.9 Å². The highest BCUT2D eigenvalue weighted by Crippen LogP contribution is 2.21. The van der Waals surface area contributed by atoms with E-state index in [0.29, 0.717) is 5.56 Å². The van der Waals surface area contributed by atoms with Gasteiger partial charge in [0.25, 0.3) is 0 Å². The first kappa shape index (κ1) is 11.3. The number of anilines is 1. The predicted octanol–water partition coefficient (Wildman–Crippen LogP) is 2.68. The van der Waals surface area contributed by atoms with Crippen LogP contribution in [0.5, 0.6) is 5.75 Å². The Balaban J connectivity index is 2.12. The fraction of sp³-hybridized carbons (Fsp3) is 0.0833. The Kier molecular flexibility index (Phi) is 3.18. The lowest BCUT2D eigenvalue weighted by atomic mass is 10.2. The van der Waals surface area contributed by atoms with Crippen molar-refractivity contribution in [2.45, 2.75) is 6.54 Å². The van der Waals surface area contributed by atoms with E-state index in [-0.39, 0.29) is 12.3 Å². The second-order valence-corrected chi connectivity index (χ2v) is 3.48. The van der Waals surface area contributed by atoms with E-state index in [0.717, 1.165) is 17.8 Å². The fourth-order valence-corrected chi connectivity index (χ4v) is 1.39. The molecule has 0 saturated heterocycles. The van der Waals surface area contributed by atoms with Crippen molar-refractivity contribution in [3.05, 3.63) is 53.9 Å². The molecule has 2 N–H and O–H groups in total. The smallest absolute Gasteiger partial charge is 0.162 e. The molecule has 0 radical (unpaired) electrons. The molecule has 1 aromatic carbocycles. The third-order valence-corrected chi connectivity index (χ3v) is 2.28. The first-order valence-corrected chi connectivity index (χ1v) is 4.97. The maximum Gasteiger partial charge on any atom is 0.162 e. The van der Waals surface area contributed by atoms with E-state index in [4.69, 9.17) is 0 Å². The molecule has 5 heteroatoms. The van der Waals surface area contributed by atoms with Crippen molar-refractivity contribution in [1.82, 2.24) is 4.98 Å². The number of aromatic hydroxyl groups is 1. The topological polar surface area (TPSA) is 45.1 Å². The third-order valence-electron chi connectivity index (χ3n) is 2.28. The molecule has 2 rings (SSSR count). The summed E-state index contributed by atoms with van der Waals surface area (Å²) in [4.78, 5) is 3.84. The number of phenols is 1. The second-order valence-electron chi connectivity index (χ2n) is 3.48. The molecule has 0 unspecified atom stereocenters. The first-order valence-electron chi connectivity index (χ1n) is 4.97. The molecule has 88 valence electrons. The zero-order valence-corrected chi connectivity index (χ0v) is 8.82. The third kappa shape index (κ3) is 2.69. The Bertz CT molecular complexity index is 517. The molecule has 0 aliphatic rings. The standard InChI is InChI=1S/C12H10F2N2O/c13-10-5-8(12(17)6-11(10)14)7-16-9-1-3-15-4-2-9/h1-6,17H,7H2,(H,15,16). The van der Waals surface area contributed by atoms with Crippen molar-refractivity contribution in [2.75, 3.05) is 5.32 Å². The second kappa shape index (κ2) is 4.78. The number of nitrogens with one attached hydrogen (secondary N) is 1. The van der Waals surface area contributed by atoms with Crippen LogP contribution in [0.25, 0.3) is 0 Å². The van der Waals surface area contributed by atoms with Gasteiger partial charge < -0.3 is 10.4 Å². The molecular weight excluding hydrogens is 226 g/mol. The van der Waals surface area contributed by atoms with E-state index < -0.39 is 11.6 Å². The fourth-order valence-electron chi connectivity index (χ4n) is 1.39. The lowest BCUT2D eigenvalue weighted by molar-refractivity contribution is 0.448. The maximum absolute atomic E-state index is 13.0. The van der Waals surface area contributed by atoms with Crippen LogP contribution >= 0.6 is 0 Å². The van der Waals surface area contributed by atoms with Crippen LogP contribution in [0.3, 0.4) is 0 Å². The van der Waals surface area contributed by atoms with Gasteiger partial charge in [-0.2, -0.15) is 0 Å². The number of phenolic OH excluding ortho intramolecular Hbond substituents is 1. The Morgan fingerprint density at radius 2 is 1.76 bits per heavy atom. The Labute approximate surface area is 96.7 Å². The maximum atomic E-state index is 13.0. The van der Waals surface area contributed by atoms with Crippen LogP contribution in [0.1, 0.15) is 5.56 Å². The van der Waals surface area contributed by atoms with Gasteiger partial charge in [0.05, 0.1) is 0 Å². The zero-order chi connectivity index (χ0) is 12.3. The summed E-state index contributed by atoms with van der Waals surface area (Å²) in [6.45, 7) is 0.201. The molecule has 1 heterocycles. The summed E-state index contributed by atoms with van der Waals surface area (Å²) in [5, 5.41) is 12.4. The number of benzene rings is 1. The minimum atomic E-state index is -1.06. The van der Waals surface area contributed by atoms with Crippen molar-refractivity contribution in [1.29, 1.82) is 0 Å². The minimum Gasteiger partial charge on any atom is -0.507 e. The van der Waals surface area contributed by atoms with Crippen molar-refractivity contribution in [2.24, 2.45) is 0 Å². The van der Waals surface area contributed by atoms with E-state index in [1.54, 1.807) is 24.5 Å². The molecule has 2 aromatic rings. The molecule has 0 aliphatic heterocycles. The Morgan fingerprint density at radius 1 is 1.12 bits per heavy atom. The van der Waals surface area contributed by atoms with Crippen molar-refractivity contribution in [3.8, 4) is 5.75 Å². The monoisotopic (exact) mass is 236 g/mol. The average Bonchev–Trinajstić information content (AvgIpc) is 2.33. The largest absolute Gasteiger partial charge is 0.507 e. The number of hydrogen-bond acceptors (Lipinski definition) is 3. The number of pyridine rings is 1. The van der Waals surface area contributed by atoms with Crippen molar-refractivity contribution >= 4 is 5.69 Å². The van der Waals surface area contributed by atoms with E-state index in [2.05, 4.69) is 10.3 Å². The quantitative estimate of drug-likeness (QED) is 0.861. The van der Waals surface area contributed by atoms with E-state index in [9.17, 15) is 13.9 Å². The van der Waals surface area contributed by atoms with Crippen LogP contribution in [0, 0.1) is 11.6 Å². The summed E-state index contributed by atoms with van der Waals surface area (Å²) in [5.74, 6) is -2.31. The summed E-state index contributed by atoms with van der Waals surface area (Å²) < 4.78 is 25.7. The van der Waals surface area contributed by atoms with Gasteiger partial charge in [0.1, 0.15) is 5.75 Å².